The molecular formula is C14H12O5. The Labute approximate surface area is 108 Å². The van der Waals surface area contributed by atoms with Gasteiger partial charge in [0.25, 0.3) is 0 Å². The van der Waals surface area contributed by atoms with Crippen molar-refractivity contribution in [2.45, 2.75) is 19.3 Å². The summed E-state index contributed by atoms with van der Waals surface area (Å²) in [6.07, 6.45) is 0.315. The SMILES string of the molecule is COc1cc(O)c2c(=O)oc3c(c2c1)[C@H](C)CC3=O. The minimum atomic E-state index is -0.698. The number of fused-ring (bicyclic) bond motifs is 3. The van der Waals surface area contributed by atoms with Crippen molar-refractivity contribution < 1.29 is 19.1 Å². The lowest BCUT2D eigenvalue weighted by atomic mass is 9.99. The molecule has 1 N–H and O–H groups in total. The molecule has 0 amide bonds. The van der Waals surface area contributed by atoms with Crippen molar-refractivity contribution in [3.8, 4) is 11.5 Å². The van der Waals surface area contributed by atoms with Crippen LogP contribution in [0.5, 0.6) is 11.5 Å². The number of rotatable bonds is 1. The molecule has 5 nitrogen and oxygen atoms in total. The third-order valence-electron chi connectivity index (χ3n) is 3.50. The molecule has 3 rings (SSSR count). The van der Waals surface area contributed by atoms with E-state index in [-0.39, 0.29) is 28.6 Å². The number of phenols is 1. The molecule has 19 heavy (non-hydrogen) atoms. The van der Waals surface area contributed by atoms with Crippen LogP contribution in [0.3, 0.4) is 0 Å². The summed E-state index contributed by atoms with van der Waals surface area (Å²) in [5.41, 5.74) is -0.0230. The van der Waals surface area contributed by atoms with Gasteiger partial charge in [-0.3, -0.25) is 4.79 Å². The highest BCUT2D eigenvalue weighted by molar-refractivity contribution is 6.05. The van der Waals surface area contributed by atoms with Crippen LogP contribution in [0, 0.1) is 0 Å². The molecule has 0 spiro atoms. The zero-order valence-electron chi connectivity index (χ0n) is 10.5. The molecule has 1 aromatic heterocycles. The zero-order valence-corrected chi connectivity index (χ0v) is 10.5. The van der Waals surface area contributed by atoms with E-state index >= 15 is 0 Å². The summed E-state index contributed by atoms with van der Waals surface area (Å²) in [6, 6.07) is 3.01. The second kappa shape index (κ2) is 3.85. The second-order valence-electron chi connectivity index (χ2n) is 4.73. The summed E-state index contributed by atoms with van der Waals surface area (Å²) in [5.74, 6) is 0.129. The number of hydrogen-bond acceptors (Lipinski definition) is 5. The number of hydrogen-bond donors (Lipinski definition) is 1. The number of methoxy groups -OCH3 is 1. The van der Waals surface area contributed by atoms with Gasteiger partial charge in [0, 0.05) is 23.4 Å². The minimum absolute atomic E-state index is 0.0409. The molecule has 1 heterocycles. The number of ketones is 1. The smallest absolute Gasteiger partial charge is 0.348 e. The fourth-order valence-electron chi connectivity index (χ4n) is 2.64. The van der Waals surface area contributed by atoms with Gasteiger partial charge in [-0.2, -0.15) is 0 Å². The highest BCUT2D eigenvalue weighted by atomic mass is 16.5. The van der Waals surface area contributed by atoms with E-state index < -0.39 is 5.63 Å². The molecule has 2 aromatic rings. The molecule has 1 aliphatic carbocycles. The van der Waals surface area contributed by atoms with Gasteiger partial charge in [0.05, 0.1) is 7.11 Å². The average Bonchev–Trinajstić information content (AvgIpc) is 2.64. The van der Waals surface area contributed by atoms with E-state index in [9.17, 15) is 14.7 Å². The quantitative estimate of drug-likeness (QED) is 0.850. The Morgan fingerprint density at radius 2 is 2.11 bits per heavy atom. The Hall–Kier alpha value is -2.30. The van der Waals surface area contributed by atoms with Crippen LogP contribution < -0.4 is 10.4 Å². The fourth-order valence-corrected chi connectivity index (χ4v) is 2.64. The van der Waals surface area contributed by atoms with E-state index in [0.717, 1.165) is 0 Å². The van der Waals surface area contributed by atoms with Gasteiger partial charge in [0.1, 0.15) is 16.9 Å². The highest BCUT2D eigenvalue weighted by Gasteiger charge is 2.32. The maximum atomic E-state index is 11.9. The van der Waals surface area contributed by atoms with Crippen molar-refractivity contribution in [2.75, 3.05) is 7.11 Å². The van der Waals surface area contributed by atoms with Gasteiger partial charge >= 0.3 is 5.63 Å². The third-order valence-corrected chi connectivity index (χ3v) is 3.50. The first-order valence-electron chi connectivity index (χ1n) is 5.94. The van der Waals surface area contributed by atoms with Crippen LogP contribution in [0.1, 0.15) is 35.4 Å². The highest BCUT2D eigenvalue weighted by Crippen LogP contribution is 2.40. The van der Waals surface area contributed by atoms with Crippen molar-refractivity contribution in [3.05, 3.63) is 33.9 Å². The molecule has 5 heteroatoms. The standard InChI is InChI=1S/C14H12O5/c1-6-3-10(16)13-11(6)8-4-7(18-2)5-9(15)12(8)14(17)19-13/h4-6,15H,3H2,1-2H3/t6-/m1/s1. The Kier molecular flexibility index (Phi) is 2.38. The first kappa shape index (κ1) is 11.8. The maximum absolute atomic E-state index is 11.9. The molecule has 0 fully saturated rings. The van der Waals surface area contributed by atoms with E-state index in [0.29, 0.717) is 23.1 Å². The van der Waals surface area contributed by atoms with Crippen LogP contribution in [0.4, 0.5) is 0 Å². The van der Waals surface area contributed by atoms with Crippen molar-refractivity contribution in [3.63, 3.8) is 0 Å². The molecule has 1 atom stereocenters. The normalized spacial score (nSPS) is 17.8. The van der Waals surface area contributed by atoms with E-state index in [1.54, 1.807) is 6.07 Å². The molecule has 0 bridgehead atoms. The van der Waals surface area contributed by atoms with Gasteiger partial charge < -0.3 is 14.3 Å². The average molecular weight is 260 g/mol. The van der Waals surface area contributed by atoms with Crippen molar-refractivity contribution in [1.82, 2.24) is 0 Å². The van der Waals surface area contributed by atoms with E-state index in [4.69, 9.17) is 9.15 Å². The number of Topliss-reactive ketones (excluding diaryl/α,β-unsaturated/α-hetero) is 1. The first-order chi connectivity index (χ1) is 9.02. The van der Waals surface area contributed by atoms with Crippen LogP contribution in [0.2, 0.25) is 0 Å². The Balaban J connectivity index is 2.51. The number of ether oxygens (including phenoxy) is 1. The summed E-state index contributed by atoms with van der Waals surface area (Å²) in [5, 5.41) is 10.5. The molecule has 0 aliphatic heterocycles. The summed E-state index contributed by atoms with van der Waals surface area (Å²) in [6.45, 7) is 1.89. The number of aromatic hydroxyl groups is 1. The maximum Gasteiger partial charge on any atom is 0.348 e. The molecule has 0 radical (unpaired) electrons. The minimum Gasteiger partial charge on any atom is -0.507 e. The number of phenolic OH excluding ortho intramolecular Hbond substituents is 1. The van der Waals surface area contributed by atoms with Crippen LogP contribution in [0.15, 0.2) is 21.3 Å². The first-order valence-corrected chi connectivity index (χ1v) is 5.94. The van der Waals surface area contributed by atoms with E-state index in [2.05, 4.69) is 0 Å². The van der Waals surface area contributed by atoms with Crippen molar-refractivity contribution in [1.29, 1.82) is 0 Å². The predicted octanol–water partition coefficient (Wildman–Crippen LogP) is 2.20. The van der Waals surface area contributed by atoms with Gasteiger partial charge in [0.2, 0.25) is 0 Å². The van der Waals surface area contributed by atoms with Crippen LogP contribution in [0.25, 0.3) is 10.8 Å². The van der Waals surface area contributed by atoms with Gasteiger partial charge in [-0.15, -0.1) is 0 Å². The van der Waals surface area contributed by atoms with Gasteiger partial charge in [-0.05, 0) is 12.0 Å². The molecule has 1 aromatic carbocycles. The van der Waals surface area contributed by atoms with Crippen LogP contribution >= 0.6 is 0 Å². The number of carbonyl (C=O) groups is 1. The molecular weight excluding hydrogens is 248 g/mol. The summed E-state index contributed by atoms with van der Waals surface area (Å²) in [4.78, 5) is 23.7. The molecule has 0 saturated carbocycles. The number of carbonyl (C=O) groups excluding carboxylic acids is 1. The lowest BCUT2D eigenvalue weighted by Gasteiger charge is -2.10. The summed E-state index contributed by atoms with van der Waals surface area (Å²) in [7, 11) is 1.47. The van der Waals surface area contributed by atoms with Crippen LogP contribution in [-0.4, -0.2) is 18.0 Å². The largest absolute Gasteiger partial charge is 0.507 e. The van der Waals surface area contributed by atoms with Crippen molar-refractivity contribution >= 4 is 16.6 Å². The van der Waals surface area contributed by atoms with Gasteiger partial charge in [-0.25, -0.2) is 4.79 Å². The Morgan fingerprint density at radius 3 is 2.79 bits per heavy atom. The Bertz CT molecular complexity index is 757. The summed E-state index contributed by atoms with van der Waals surface area (Å²) >= 11 is 0. The number of benzene rings is 1. The fraction of sp³-hybridized carbons (Fsp3) is 0.286. The lowest BCUT2D eigenvalue weighted by Crippen LogP contribution is -2.06. The third kappa shape index (κ3) is 1.54. The van der Waals surface area contributed by atoms with E-state index in [1.807, 2.05) is 6.92 Å². The predicted molar refractivity (Wildman–Crippen MR) is 68.1 cm³/mol. The second-order valence-corrected chi connectivity index (χ2v) is 4.73. The molecule has 0 unspecified atom stereocenters. The lowest BCUT2D eigenvalue weighted by molar-refractivity contribution is 0.0963. The molecule has 1 aliphatic rings. The van der Waals surface area contributed by atoms with Crippen molar-refractivity contribution in [2.24, 2.45) is 0 Å². The van der Waals surface area contributed by atoms with Gasteiger partial charge in [0.15, 0.2) is 11.5 Å². The molecule has 98 valence electrons. The van der Waals surface area contributed by atoms with E-state index in [1.165, 1.54) is 13.2 Å². The Morgan fingerprint density at radius 1 is 1.37 bits per heavy atom. The van der Waals surface area contributed by atoms with Gasteiger partial charge in [-0.1, -0.05) is 6.92 Å². The zero-order chi connectivity index (χ0) is 13.7. The topological polar surface area (TPSA) is 76.7 Å². The summed E-state index contributed by atoms with van der Waals surface area (Å²) < 4.78 is 10.2. The molecule has 0 saturated heterocycles. The monoisotopic (exact) mass is 260 g/mol. The van der Waals surface area contributed by atoms with Crippen LogP contribution in [-0.2, 0) is 0 Å².